The van der Waals surface area contributed by atoms with Gasteiger partial charge in [0.25, 0.3) is 17.7 Å². The molecule has 0 aliphatic carbocycles. The predicted molar refractivity (Wildman–Crippen MR) is 159 cm³/mol. The van der Waals surface area contributed by atoms with Crippen molar-refractivity contribution in [2.75, 3.05) is 23.4 Å². The zero-order valence-electron chi connectivity index (χ0n) is 20.9. The molecule has 200 valence electrons. The molecule has 4 rings (SSSR count). The number of amides is 5. The molecule has 5 amide bonds. The summed E-state index contributed by atoms with van der Waals surface area (Å²) in [4.78, 5) is 51.6. The SMILES string of the molecule is CCOc1cc(/C=C2\C(=O)NC(=O)N(c3ccc(Br)cc3)C2=O)cc(I)c1OCC(=O)Nc1cccc(C)c1. The number of aryl methyl sites for hydroxylation is 1. The van der Waals surface area contributed by atoms with Crippen molar-refractivity contribution < 1.29 is 28.7 Å². The van der Waals surface area contributed by atoms with E-state index in [1.54, 1.807) is 49.4 Å². The molecule has 0 saturated carbocycles. The maximum Gasteiger partial charge on any atom is 0.335 e. The van der Waals surface area contributed by atoms with E-state index in [2.05, 4.69) is 26.6 Å². The number of carbonyl (C=O) groups is 4. The third-order valence-electron chi connectivity index (χ3n) is 5.48. The van der Waals surface area contributed by atoms with Crippen LogP contribution in [0.25, 0.3) is 6.08 Å². The number of urea groups is 1. The van der Waals surface area contributed by atoms with Crippen molar-refractivity contribution in [1.29, 1.82) is 0 Å². The van der Waals surface area contributed by atoms with E-state index < -0.39 is 17.8 Å². The van der Waals surface area contributed by atoms with Gasteiger partial charge in [-0.25, -0.2) is 9.69 Å². The Kier molecular flexibility index (Phi) is 9.02. The van der Waals surface area contributed by atoms with Gasteiger partial charge in [0.2, 0.25) is 0 Å². The van der Waals surface area contributed by atoms with Crippen LogP contribution in [0.3, 0.4) is 0 Å². The van der Waals surface area contributed by atoms with E-state index in [0.717, 1.165) is 14.9 Å². The van der Waals surface area contributed by atoms with Crippen LogP contribution in [-0.2, 0) is 14.4 Å². The van der Waals surface area contributed by atoms with Crippen LogP contribution >= 0.6 is 38.5 Å². The number of ether oxygens (including phenoxy) is 2. The Hall–Kier alpha value is -3.71. The highest BCUT2D eigenvalue weighted by Gasteiger charge is 2.36. The smallest absolute Gasteiger partial charge is 0.335 e. The predicted octanol–water partition coefficient (Wildman–Crippen LogP) is 5.44. The third-order valence-corrected chi connectivity index (χ3v) is 6.81. The highest BCUT2D eigenvalue weighted by molar-refractivity contribution is 14.1. The molecule has 0 atom stereocenters. The Balaban J connectivity index is 1.58. The summed E-state index contributed by atoms with van der Waals surface area (Å²) in [6.07, 6.45) is 1.38. The second kappa shape index (κ2) is 12.4. The van der Waals surface area contributed by atoms with Crippen LogP contribution in [0.5, 0.6) is 11.5 Å². The summed E-state index contributed by atoms with van der Waals surface area (Å²) in [7, 11) is 0. The molecule has 9 nitrogen and oxygen atoms in total. The Bertz CT molecular complexity index is 1490. The van der Waals surface area contributed by atoms with Gasteiger partial charge in [-0.2, -0.15) is 0 Å². The lowest BCUT2D eigenvalue weighted by Gasteiger charge is -2.26. The highest BCUT2D eigenvalue weighted by Crippen LogP contribution is 2.35. The number of rotatable bonds is 8. The summed E-state index contributed by atoms with van der Waals surface area (Å²) in [6.45, 7) is 3.79. The number of imide groups is 2. The number of anilines is 2. The fourth-order valence-electron chi connectivity index (χ4n) is 3.78. The molecule has 1 aliphatic rings. The summed E-state index contributed by atoms with van der Waals surface area (Å²) in [5.74, 6) is -1.21. The molecule has 11 heteroatoms. The quantitative estimate of drug-likeness (QED) is 0.184. The van der Waals surface area contributed by atoms with Gasteiger partial charge in [-0.1, -0.05) is 28.1 Å². The molecule has 0 radical (unpaired) electrons. The number of carbonyl (C=O) groups excluding carboxylic acids is 4. The molecule has 0 spiro atoms. The average molecular weight is 704 g/mol. The summed E-state index contributed by atoms with van der Waals surface area (Å²) in [6, 6.07) is 16.4. The first-order chi connectivity index (χ1) is 18.7. The molecule has 1 saturated heterocycles. The Morgan fingerprint density at radius 3 is 2.51 bits per heavy atom. The number of hydrogen-bond acceptors (Lipinski definition) is 6. The fraction of sp³-hybridized carbons (Fsp3) is 0.143. The summed E-state index contributed by atoms with van der Waals surface area (Å²) in [5, 5.41) is 5.00. The zero-order chi connectivity index (χ0) is 28.1. The molecule has 3 aromatic carbocycles. The van der Waals surface area contributed by atoms with Gasteiger partial charge in [0.15, 0.2) is 18.1 Å². The largest absolute Gasteiger partial charge is 0.490 e. The number of benzene rings is 3. The standard InChI is InChI=1S/C28H23BrIN3O6/c1-3-38-23-14-17(13-22(30)25(23)39-15-24(34)31-19-6-4-5-16(2)11-19)12-21-26(35)32-28(37)33(27(21)36)20-9-7-18(29)8-10-20/h4-14H,3,15H2,1-2H3,(H,31,34)(H,32,35,37)/b21-12+. The van der Waals surface area contributed by atoms with Crippen molar-refractivity contribution >= 4 is 79.7 Å². The van der Waals surface area contributed by atoms with Crippen molar-refractivity contribution in [3.63, 3.8) is 0 Å². The molecular formula is C28H23BrIN3O6. The number of nitrogens with one attached hydrogen (secondary N) is 2. The molecule has 0 bridgehead atoms. The van der Waals surface area contributed by atoms with Crippen molar-refractivity contribution in [2.24, 2.45) is 0 Å². The summed E-state index contributed by atoms with van der Waals surface area (Å²) >= 11 is 5.35. The normalized spacial score (nSPS) is 14.3. The molecular weight excluding hydrogens is 681 g/mol. The molecule has 3 aromatic rings. The van der Waals surface area contributed by atoms with Crippen LogP contribution < -0.4 is 25.0 Å². The lowest BCUT2D eigenvalue weighted by Crippen LogP contribution is -2.54. The molecule has 0 aromatic heterocycles. The van der Waals surface area contributed by atoms with Crippen LogP contribution in [0, 0.1) is 10.5 Å². The lowest BCUT2D eigenvalue weighted by atomic mass is 10.1. The minimum atomic E-state index is -0.832. The Morgan fingerprint density at radius 2 is 1.82 bits per heavy atom. The van der Waals surface area contributed by atoms with Gasteiger partial charge >= 0.3 is 6.03 Å². The monoisotopic (exact) mass is 703 g/mol. The van der Waals surface area contributed by atoms with Crippen LogP contribution in [0.1, 0.15) is 18.1 Å². The highest BCUT2D eigenvalue weighted by atomic mass is 127. The fourth-order valence-corrected chi connectivity index (χ4v) is 4.83. The van der Waals surface area contributed by atoms with Crippen molar-refractivity contribution in [3.05, 3.63) is 85.4 Å². The zero-order valence-corrected chi connectivity index (χ0v) is 24.7. The summed E-state index contributed by atoms with van der Waals surface area (Å²) < 4.78 is 12.9. The van der Waals surface area contributed by atoms with E-state index in [-0.39, 0.29) is 18.1 Å². The second-order valence-corrected chi connectivity index (χ2v) is 10.5. The van der Waals surface area contributed by atoms with Gasteiger partial charge in [0.1, 0.15) is 5.57 Å². The van der Waals surface area contributed by atoms with Crippen LogP contribution in [0.2, 0.25) is 0 Å². The van der Waals surface area contributed by atoms with Gasteiger partial charge in [-0.15, -0.1) is 0 Å². The van der Waals surface area contributed by atoms with Crippen molar-refractivity contribution in [2.45, 2.75) is 13.8 Å². The molecule has 1 fully saturated rings. The number of nitrogens with zero attached hydrogens (tertiary/aromatic N) is 1. The van der Waals surface area contributed by atoms with Crippen molar-refractivity contribution in [1.82, 2.24) is 5.32 Å². The first-order valence-corrected chi connectivity index (χ1v) is 13.7. The number of hydrogen-bond donors (Lipinski definition) is 2. The average Bonchev–Trinajstić information content (AvgIpc) is 2.87. The van der Waals surface area contributed by atoms with Gasteiger partial charge < -0.3 is 14.8 Å². The maximum atomic E-state index is 13.2. The first-order valence-electron chi connectivity index (χ1n) is 11.8. The molecule has 0 unspecified atom stereocenters. The van der Waals surface area contributed by atoms with Crippen LogP contribution in [0.4, 0.5) is 16.2 Å². The van der Waals surface area contributed by atoms with Gasteiger partial charge in [-0.3, -0.25) is 19.7 Å². The third kappa shape index (κ3) is 6.84. The maximum absolute atomic E-state index is 13.2. The Morgan fingerprint density at radius 1 is 1.08 bits per heavy atom. The molecule has 2 N–H and O–H groups in total. The van der Waals surface area contributed by atoms with E-state index in [0.29, 0.717) is 38.6 Å². The van der Waals surface area contributed by atoms with E-state index in [1.807, 2.05) is 47.7 Å². The molecule has 39 heavy (non-hydrogen) atoms. The minimum Gasteiger partial charge on any atom is -0.490 e. The Labute approximate surface area is 246 Å². The molecule has 1 aliphatic heterocycles. The van der Waals surface area contributed by atoms with E-state index in [4.69, 9.17) is 9.47 Å². The lowest BCUT2D eigenvalue weighted by molar-refractivity contribution is -0.122. The van der Waals surface area contributed by atoms with E-state index in [9.17, 15) is 19.2 Å². The van der Waals surface area contributed by atoms with Crippen molar-refractivity contribution in [3.8, 4) is 11.5 Å². The minimum absolute atomic E-state index is 0.220. The molecule has 1 heterocycles. The van der Waals surface area contributed by atoms with E-state index in [1.165, 1.54) is 6.08 Å². The van der Waals surface area contributed by atoms with Crippen LogP contribution in [0.15, 0.2) is 70.7 Å². The van der Waals surface area contributed by atoms with Crippen LogP contribution in [-0.4, -0.2) is 37.0 Å². The number of barbiturate groups is 1. The van der Waals surface area contributed by atoms with Gasteiger partial charge in [-0.05, 0) is 102 Å². The van der Waals surface area contributed by atoms with E-state index >= 15 is 0 Å². The number of halogens is 2. The topological polar surface area (TPSA) is 114 Å². The van der Waals surface area contributed by atoms with Gasteiger partial charge in [0, 0.05) is 10.2 Å². The summed E-state index contributed by atoms with van der Waals surface area (Å²) in [5.41, 5.74) is 2.25. The van der Waals surface area contributed by atoms with Gasteiger partial charge in [0.05, 0.1) is 15.9 Å². The second-order valence-electron chi connectivity index (χ2n) is 8.40. The first kappa shape index (κ1) is 28.3.